The summed E-state index contributed by atoms with van der Waals surface area (Å²) in [6.45, 7) is 2.45. The van der Waals surface area contributed by atoms with Crippen molar-refractivity contribution in [1.29, 1.82) is 0 Å². The smallest absolute Gasteiger partial charge is 0.123 e. The lowest BCUT2D eigenvalue weighted by Gasteiger charge is -2.10. The van der Waals surface area contributed by atoms with E-state index in [4.69, 9.17) is 15.2 Å². The van der Waals surface area contributed by atoms with Crippen LogP contribution in [-0.2, 0) is 17.9 Å². The van der Waals surface area contributed by atoms with E-state index >= 15 is 0 Å². The Balaban J connectivity index is 1.63. The highest BCUT2D eigenvalue weighted by Gasteiger charge is 2.00. The lowest BCUT2D eigenvalue weighted by atomic mass is 10.2. The Morgan fingerprint density at radius 2 is 1.71 bits per heavy atom. The summed E-state index contributed by atoms with van der Waals surface area (Å²) in [4.78, 5) is 0. The Morgan fingerprint density at radius 3 is 2.48 bits per heavy atom. The summed E-state index contributed by atoms with van der Waals surface area (Å²) in [5, 5.41) is 0. The summed E-state index contributed by atoms with van der Waals surface area (Å²) in [5.74, 6) is 0.868. The molecule has 0 unspecified atom stereocenters. The Morgan fingerprint density at radius 1 is 0.952 bits per heavy atom. The van der Waals surface area contributed by atoms with Gasteiger partial charge in [0.25, 0.3) is 0 Å². The summed E-state index contributed by atoms with van der Waals surface area (Å²) < 4.78 is 12.4. The standard InChI is InChI=1S/C17H20BrNO2/c18-16-8-6-14(7-9-16)13-20-10-3-11-21-17-5-2-1-4-15(17)12-19/h1-2,4-9H,3,10-13,19H2. The van der Waals surface area contributed by atoms with Crippen LogP contribution in [0.2, 0.25) is 0 Å². The van der Waals surface area contributed by atoms with Crippen LogP contribution in [-0.4, -0.2) is 13.2 Å². The fraction of sp³-hybridized carbons (Fsp3) is 0.294. The average Bonchev–Trinajstić information content (AvgIpc) is 2.53. The molecule has 0 saturated heterocycles. The SMILES string of the molecule is NCc1ccccc1OCCCOCc1ccc(Br)cc1. The number of rotatable bonds is 8. The molecule has 0 amide bonds. The van der Waals surface area contributed by atoms with E-state index in [0.29, 0.717) is 26.4 Å². The molecule has 2 aromatic rings. The second-order valence-corrected chi connectivity index (χ2v) is 5.61. The molecule has 0 bridgehead atoms. The van der Waals surface area contributed by atoms with Crippen molar-refractivity contribution in [2.24, 2.45) is 5.73 Å². The first-order chi connectivity index (χ1) is 10.3. The van der Waals surface area contributed by atoms with Gasteiger partial charge >= 0.3 is 0 Å². The van der Waals surface area contributed by atoms with Crippen molar-refractivity contribution in [2.75, 3.05) is 13.2 Å². The minimum absolute atomic E-state index is 0.496. The molecule has 2 rings (SSSR count). The zero-order chi connectivity index (χ0) is 14.9. The lowest BCUT2D eigenvalue weighted by Crippen LogP contribution is -2.06. The predicted molar refractivity (Wildman–Crippen MR) is 88.2 cm³/mol. The molecule has 2 aromatic carbocycles. The van der Waals surface area contributed by atoms with Crippen LogP contribution in [0.25, 0.3) is 0 Å². The van der Waals surface area contributed by atoms with Gasteiger partial charge in [0.1, 0.15) is 5.75 Å². The van der Waals surface area contributed by atoms with Crippen LogP contribution in [0.1, 0.15) is 17.5 Å². The zero-order valence-electron chi connectivity index (χ0n) is 11.9. The van der Waals surface area contributed by atoms with E-state index in [1.165, 1.54) is 5.56 Å². The van der Waals surface area contributed by atoms with Gasteiger partial charge in [-0.15, -0.1) is 0 Å². The fourth-order valence-electron chi connectivity index (χ4n) is 1.93. The van der Waals surface area contributed by atoms with Gasteiger partial charge in [0.05, 0.1) is 19.8 Å². The molecule has 0 heterocycles. The molecule has 0 aromatic heterocycles. The molecule has 0 atom stereocenters. The average molecular weight is 350 g/mol. The molecule has 4 heteroatoms. The van der Waals surface area contributed by atoms with Gasteiger partial charge in [-0.1, -0.05) is 46.3 Å². The van der Waals surface area contributed by atoms with Gasteiger partial charge in [0, 0.05) is 23.0 Å². The highest BCUT2D eigenvalue weighted by Crippen LogP contribution is 2.17. The van der Waals surface area contributed by atoms with Crippen molar-refractivity contribution in [3.63, 3.8) is 0 Å². The van der Waals surface area contributed by atoms with Gasteiger partial charge in [-0.05, 0) is 23.8 Å². The van der Waals surface area contributed by atoms with Gasteiger partial charge < -0.3 is 15.2 Å². The van der Waals surface area contributed by atoms with Gasteiger partial charge in [0.2, 0.25) is 0 Å². The summed E-state index contributed by atoms with van der Waals surface area (Å²) in [6, 6.07) is 16.0. The molecular formula is C17H20BrNO2. The minimum Gasteiger partial charge on any atom is -0.493 e. The molecule has 2 N–H and O–H groups in total. The molecule has 0 fully saturated rings. The van der Waals surface area contributed by atoms with Gasteiger partial charge in [-0.3, -0.25) is 0 Å². The maximum Gasteiger partial charge on any atom is 0.123 e. The molecule has 0 radical (unpaired) electrons. The number of nitrogens with two attached hydrogens (primary N) is 1. The number of benzene rings is 2. The van der Waals surface area contributed by atoms with Crippen molar-refractivity contribution in [1.82, 2.24) is 0 Å². The van der Waals surface area contributed by atoms with Crippen LogP contribution in [0.15, 0.2) is 53.0 Å². The van der Waals surface area contributed by atoms with E-state index in [2.05, 4.69) is 28.1 Å². The van der Waals surface area contributed by atoms with Crippen LogP contribution in [0.5, 0.6) is 5.75 Å². The first-order valence-electron chi connectivity index (χ1n) is 7.02. The van der Waals surface area contributed by atoms with E-state index in [1.807, 2.05) is 36.4 Å². The molecule has 0 saturated carbocycles. The second kappa shape index (κ2) is 8.82. The summed E-state index contributed by atoms with van der Waals surface area (Å²) in [6.07, 6.45) is 0.857. The van der Waals surface area contributed by atoms with E-state index < -0.39 is 0 Å². The largest absolute Gasteiger partial charge is 0.493 e. The molecule has 0 spiro atoms. The third-order valence-electron chi connectivity index (χ3n) is 3.07. The molecule has 0 aliphatic rings. The molecule has 21 heavy (non-hydrogen) atoms. The third-order valence-corrected chi connectivity index (χ3v) is 3.59. The molecule has 0 aliphatic carbocycles. The summed E-state index contributed by atoms with van der Waals surface area (Å²) >= 11 is 3.42. The van der Waals surface area contributed by atoms with Crippen molar-refractivity contribution in [3.05, 3.63) is 64.1 Å². The molecule has 0 aliphatic heterocycles. The number of hydrogen-bond donors (Lipinski definition) is 1. The van der Waals surface area contributed by atoms with Crippen molar-refractivity contribution in [3.8, 4) is 5.75 Å². The summed E-state index contributed by atoms with van der Waals surface area (Å²) in [7, 11) is 0. The zero-order valence-corrected chi connectivity index (χ0v) is 13.5. The highest BCUT2D eigenvalue weighted by atomic mass is 79.9. The van der Waals surface area contributed by atoms with E-state index in [0.717, 1.165) is 22.2 Å². The Kier molecular flexibility index (Phi) is 6.73. The molecule has 3 nitrogen and oxygen atoms in total. The number of ether oxygens (including phenoxy) is 2. The van der Waals surface area contributed by atoms with Crippen LogP contribution in [0.4, 0.5) is 0 Å². The Hall–Kier alpha value is -1.36. The van der Waals surface area contributed by atoms with Gasteiger partial charge in [0.15, 0.2) is 0 Å². The summed E-state index contributed by atoms with van der Waals surface area (Å²) in [5.41, 5.74) is 7.88. The monoisotopic (exact) mass is 349 g/mol. The van der Waals surface area contributed by atoms with E-state index in [9.17, 15) is 0 Å². The number of hydrogen-bond acceptors (Lipinski definition) is 3. The first-order valence-corrected chi connectivity index (χ1v) is 7.82. The normalized spacial score (nSPS) is 10.6. The quantitative estimate of drug-likeness (QED) is 0.735. The van der Waals surface area contributed by atoms with Crippen LogP contribution in [0, 0.1) is 0 Å². The number of halogens is 1. The van der Waals surface area contributed by atoms with Crippen molar-refractivity contribution >= 4 is 15.9 Å². The van der Waals surface area contributed by atoms with E-state index in [-0.39, 0.29) is 0 Å². The van der Waals surface area contributed by atoms with Crippen LogP contribution >= 0.6 is 15.9 Å². The van der Waals surface area contributed by atoms with Crippen LogP contribution in [0.3, 0.4) is 0 Å². The predicted octanol–water partition coefficient (Wildman–Crippen LogP) is 3.89. The second-order valence-electron chi connectivity index (χ2n) is 4.69. The topological polar surface area (TPSA) is 44.5 Å². The maximum absolute atomic E-state index is 5.73. The molecule has 112 valence electrons. The Bertz CT molecular complexity index is 543. The van der Waals surface area contributed by atoms with Crippen LogP contribution < -0.4 is 10.5 Å². The Labute approximate surface area is 134 Å². The first kappa shape index (κ1) is 16.0. The fourth-order valence-corrected chi connectivity index (χ4v) is 2.19. The van der Waals surface area contributed by atoms with Crippen molar-refractivity contribution in [2.45, 2.75) is 19.6 Å². The van der Waals surface area contributed by atoms with Gasteiger partial charge in [-0.25, -0.2) is 0 Å². The van der Waals surface area contributed by atoms with Crippen molar-refractivity contribution < 1.29 is 9.47 Å². The third kappa shape index (κ3) is 5.50. The van der Waals surface area contributed by atoms with Gasteiger partial charge in [-0.2, -0.15) is 0 Å². The minimum atomic E-state index is 0.496. The number of para-hydroxylation sites is 1. The lowest BCUT2D eigenvalue weighted by molar-refractivity contribution is 0.107. The highest BCUT2D eigenvalue weighted by molar-refractivity contribution is 9.10. The maximum atomic E-state index is 5.73. The van der Waals surface area contributed by atoms with E-state index in [1.54, 1.807) is 0 Å². The molecular weight excluding hydrogens is 330 g/mol.